The zero-order chi connectivity index (χ0) is 14.6. The lowest BCUT2D eigenvalue weighted by Crippen LogP contribution is -2.26. The van der Waals surface area contributed by atoms with E-state index in [4.69, 9.17) is 4.42 Å². The van der Waals surface area contributed by atoms with Gasteiger partial charge in [-0.25, -0.2) is 18.1 Å². The highest BCUT2D eigenvalue weighted by Crippen LogP contribution is 2.17. The average Bonchev–Trinajstić information content (AvgIpc) is 2.93. The third kappa shape index (κ3) is 3.37. The van der Waals surface area contributed by atoms with E-state index in [1.54, 1.807) is 25.1 Å². The van der Waals surface area contributed by atoms with E-state index in [2.05, 4.69) is 15.0 Å². The Balaban J connectivity index is 2.13. The molecule has 6 nitrogen and oxygen atoms in total. The van der Waals surface area contributed by atoms with E-state index in [-0.39, 0.29) is 4.90 Å². The van der Waals surface area contributed by atoms with E-state index in [9.17, 15) is 8.42 Å². The van der Waals surface area contributed by atoms with Gasteiger partial charge in [-0.05, 0) is 38.1 Å². The van der Waals surface area contributed by atoms with Gasteiger partial charge < -0.3 is 9.73 Å². The van der Waals surface area contributed by atoms with E-state index in [0.717, 1.165) is 6.54 Å². The molecule has 108 valence electrons. The van der Waals surface area contributed by atoms with Gasteiger partial charge in [0.2, 0.25) is 10.0 Å². The summed E-state index contributed by atoms with van der Waals surface area (Å²) in [6.45, 7) is 4.39. The maximum Gasteiger partial charge on any atom is 0.242 e. The quantitative estimate of drug-likeness (QED) is 0.853. The van der Waals surface area contributed by atoms with Gasteiger partial charge in [-0.3, -0.25) is 0 Å². The summed E-state index contributed by atoms with van der Waals surface area (Å²) < 4.78 is 32.1. The minimum atomic E-state index is -3.62. The number of hydrogen-bond acceptors (Lipinski definition) is 5. The molecule has 0 saturated carbocycles. The Hall–Kier alpha value is -1.86. The number of sulfonamides is 1. The van der Waals surface area contributed by atoms with Gasteiger partial charge >= 0.3 is 0 Å². The molecular weight excluding hydrogens is 278 g/mol. The van der Waals surface area contributed by atoms with Crippen molar-refractivity contribution >= 4 is 15.8 Å². The van der Waals surface area contributed by atoms with E-state index >= 15 is 0 Å². The van der Waals surface area contributed by atoms with Crippen molar-refractivity contribution in [1.29, 1.82) is 0 Å². The number of anilines is 1. The number of pyridine rings is 1. The first-order valence-electron chi connectivity index (χ1n) is 6.28. The first-order chi connectivity index (χ1) is 9.53. The summed E-state index contributed by atoms with van der Waals surface area (Å²) in [6, 6.07) is 6.15. The van der Waals surface area contributed by atoms with Crippen LogP contribution in [0.25, 0.3) is 0 Å². The summed E-state index contributed by atoms with van der Waals surface area (Å²) in [5.74, 6) is 1.20. The van der Waals surface area contributed by atoms with Gasteiger partial charge in [0.15, 0.2) is 0 Å². The first kappa shape index (κ1) is 14.5. The van der Waals surface area contributed by atoms with Gasteiger partial charge in [-0.2, -0.15) is 0 Å². The van der Waals surface area contributed by atoms with Crippen LogP contribution in [0.2, 0.25) is 0 Å². The molecule has 20 heavy (non-hydrogen) atoms. The van der Waals surface area contributed by atoms with Crippen molar-refractivity contribution in [2.45, 2.75) is 24.8 Å². The van der Waals surface area contributed by atoms with E-state index < -0.39 is 16.1 Å². The topological polar surface area (TPSA) is 84.2 Å². The van der Waals surface area contributed by atoms with Crippen LogP contribution in [0.1, 0.15) is 25.6 Å². The molecule has 0 fully saturated rings. The van der Waals surface area contributed by atoms with Crippen molar-refractivity contribution in [2.24, 2.45) is 0 Å². The second-order valence-corrected chi connectivity index (χ2v) is 5.98. The molecule has 0 radical (unpaired) electrons. The molecule has 1 atom stereocenters. The fraction of sp³-hybridized carbons (Fsp3) is 0.308. The molecule has 2 aromatic rings. The smallest absolute Gasteiger partial charge is 0.242 e. The first-order valence-corrected chi connectivity index (χ1v) is 7.77. The lowest BCUT2D eigenvalue weighted by Gasteiger charge is -2.12. The Morgan fingerprint density at radius 1 is 1.35 bits per heavy atom. The molecule has 0 aliphatic heterocycles. The number of nitrogens with one attached hydrogen (secondary N) is 2. The van der Waals surface area contributed by atoms with Crippen LogP contribution in [0.3, 0.4) is 0 Å². The zero-order valence-electron chi connectivity index (χ0n) is 11.3. The predicted molar refractivity (Wildman–Crippen MR) is 75.8 cm³/mol. The van der Waals surface area contributed by atoms with E-state index in [1.807, 2.05) is 6.92 Å². The maximum atomic E-state index is 12.2. The standard InChI is InChI=1S/C13H17N3O3S/c1-3-14-13-7-6-11(9-15-13)20(17,18)16-10(2)12-5-4-8-19-12/h4-10,16H,3H2,1-2H3,(H,14,15). The van der Waals surface area contributed by atoms with Gasteiger partial charge in [0.05, 0.1) is 12.3 Å². The Labute approximate surface area is 118 Å². The van der Waals surface area contributed by atoms with Crippen molar-refractivity contribution in [1.82, 2.24) is 9.71 Å². The number of aromatic nitrogens is 1. The Morgan fingerprint density at radius 3 is 2.70 bits per heavy atom. The largest absolute Gasteiger partial charge is 0.468 e. The second-order valence-electron chi connectivity index (χ2n) is 4.27. The minimum Gasteiger partial charge on any atom is -0.468 e. The SMILES string of the molecule is CCNc1ccc(S(=O)(=O)NC(C)c2ccco2)cn1. The Morgan fingerprint density at radius 2 is 2.15 bits per heavy atom. The highest BCUT2D eigenvalue weighted by Gasteiger charge is 2.20. The molecule has 1 unspecified atom stereocenters. The number of rotatable bonds is 6. The van der Waals surface area contributed by atoms with Crippen LogP contribution in [0.4, 0.5) is 5.82 Å². The van der Waals surface area contributed by atoms with Gasteiger partial charge in [-0.1, -0.05) is 0 Å². The fourth-order valence-electron chi connectivity index (χ4n) is 1.72. The van der Waals surface area contributed by atoms with Gasteiger partial charge in [0.25, 0.3) is 0 Å². The molecule has 2 rings (SSSR count). The average molecular weight is 295 g/mol. The Bertz CT molecular complexity index is 636. The van der Waals surface area contributed by atoms with Crippen molar-refractivity contribution in [3.8, 4) is 0 Å². The van der Waals surface area contributed by atoms with Crippen molar-refractivity contribution in [2.75, 3.05) is 11.9 Å². The summed E-state index contributed by atoms with van der Waals surface area (Å²) in [5.41, 5.74) is 0. The monoisotopic (exact) mass is 295 g/mol. The summed E-state index contributed by atoms with van der Waals surface area (Å²) in [4.78, 5) is 4.17. The Kier molecular flexibility index (Phi) is 4.41. The number of nitrogens with zero attached hydrogens (tertiary/aromatic N) is 1. The molecule has 0 aromatic carbocycles. The molecule has 2 N–H and O–H groups in total. The van der Waals surface area contributed by atoms with Crippen LogP contribution < -0.4 is 10.0 Å². The van der Waals surface area contributed by atoms with Crippen molar-refractivity contribution in [3.05, 3.63) is 42.5 Å². The van der Waals surface area contributed by atoms with E-state index in [0.29, 0.717) is 11.6 Å². The molecule has 0 spiro atoms. The van der Waals surface area contributed by atoms with Crippen LogP contribution in [0, 0.1) is 0 Å². The lowest BCUT2D eigenvalue weighted by molar-refractivity contribution is 0.459. The summed E-state index contributed by atoms with van der Waals surface area (Å²) >= 11 is 0. The lowest BCUT2D eigenvalue weighted by atomic mass is 10.3. The molecule has 0 aliphatic rings. The van der Waals surface area contributed by atoms with Crippen molar-refractivity contribution in [3.63, 3.8) is 0 Å². The van der Waals surface area contributed by atoms with Gasteiger partial charge in [0, 0.05) is 12.7 Å². The second kappa shape index (κ2) is 6.06. The maximum absolute atomic E-state index is 12.2. The summed E-state index contributed by atoms with van der Waals surface area (Å²) in [7, 11) is -3.62. The molecule has 0 aliphatic carbocycles. The van der Waals surface area contributed by atoms with Crippen LogP contribution in [-0.4, -0.2) is 19.9 Å². The molecular formula is C13H17N3O3S. The highest BCUT2D eigenvalue weighted by atomic mass is 32.2. The van der Waals surface area contributed by atoms with Crippen molar-refractivity contribution < 1.29 is 12.8 Å². The minimum absolute atomic E-state index is 0.123. The molecule has 0 amide bonds. The highest BCUT2D eigenvalue weighted by molar-refractivity contribution is 7.89. The van der Waals surface area contributed by atoms with Gasteiger partial charge in [0.1, 0.15) is 16.5 Å². The van der Waals surface area contributed by atoms with Crippen LogP contribution in [-0.2, 0) is 10.0 Å². The van der Waals surface area contributed by atoms with Gasteiger partial charge in [-0.15, -0.1) is 0 Å². The number of furan rings is 1. The third-order valence-corrected chi connectivity index (χ3v) is 4.23. The zero-order valence-corrected chi connectivity index (χ0v) is 12.1. The summed E-state index contributed by atoms with van der Waals surface area (Å²) in [5, 5.41) is 3.01. The van der Waals surface area contributed by atoms with Crippen LogP contribution >= 0.6 is 0 Å². The van der Waals surface area contributed by atoms with E-state index in [1.165, 1.54) is 18.5 Å². The number of hydrogen-bond donors (Lipinski definition) is 2. The predicted octanol–water partition coefficient (Wildman–Crippen LogP) is 2.15. The summed E-state index contributed by atoms with van der Waals surface area (Å²) in [6.07, 6.45) is 2.84. The van der Waals surface area contributed by atoms with Crippen LogP contribution in [0.15, 0.2) is 46.0 Å². The van der Waals surface area contributed by atoms with Crippen LogP contribution in [0.5, 0.6) is 0 Å². The normalized spacial score (nSPS) is 13.1. The fourth-order valence-corrected chi connectivity index (χ4v) is 2.88. The molecule has 0 saturated heterocycles. The molecule has 2 heterocycles. The molecule has 2 aromatic heterocycles. The third-order valence-electron chi connectivity index (χ3n) is 2.71. The molecule has 0 bridgehead atoms. The molecule has 7 heteroatoms.